The molecule has 0 aliphatic carbocycles. The van der Waals surface area contributed by atoms with Gasteiger partial charge >= 0.3 is 12.4 Å². The lowest BCUT2D eigenvalue weighted by Crippen LogP contribution is -2.55. The number of fused-ring (bicyclic) bond motifs is 1. The Bertz CT molecular complexity index is 1450. The van der Waals surface area contributed by atoms with Crippen LogP contribution in [0.3, 0.4) is 0 Å². The number of carbonyl (C=O) groups is 1. The van der Waals surface area contributed by atoms with Crippen molar-refractivity contribution in [3.8, 4) is 17.0 Å². The molecule has 5 rings (SSSR count). The van der Waals surface area contributed by atoms with Crippen molar-refractivity contribution in [2.24, 2.45) is 0 Å². The molecule has 0 spiro atoms. The Kier molecular flexibility index (Phi) is 8.10. The summed E-state index contributed by atoms with van der Waals surface area (Å²) in [6.45, 7) is 3.28. The van der Waals surface area contributed by atoms with Gasteiger partial charge in [-0.3, -0.25) is 0 Å². The zero-order chi connectivity index (χ0) is 26.9. The molecule has 0 unspecified atom stereocenters. The molecular weight excluding hydrogens is 538 g/mol. The number of halogens is 5. The lowest BCUT2D eigenvalue weighted by atomic mass is 10.0. The second-order valence-corrected chi connectivity index (χ2v) is 8.92. The molecule has 12 heteroatoms. The summed E-state index contributed by atoms with van der Waals surface area (Å²) in [7, 11) is 0. The number of urea groups is 1. The minimum absolute atomic E-state index is 0. The van der Waals surface area contributed by atoms with E-state index in [-0.39, 0.29) is 36.0 Å². The molecule has 1 aromatic heterocycles. The number of rotatable bonds is 4. The molecule has 204 valence electrons. The van der Waals surface area contributed by atoms with E-state index in [2.05, 4.69) is 25.2 Å². The van der Waals surface area contributed by atoms with Crippen molar-refractivity contribution in [3.05, 3.63) is 78.6 Å². The standard InChI is InChI=1S/C27H23F4N5O2.ClH/c1-17-16-35(26(37)32-20-10-12-21(13-11-20)38-27(29,30)31)14-15-36(17)25-23-5-3-2-4-22(23)24(33-34-25)18-6-8-19(28)9-7-18;/h2-13,17H,14-16H2,1H3,(H,32,37);1H/t17-;/m0./s1. The van der Waals surface area contributed by atoms with Gasteiger partial charge in [-0.2, -0.15) is 0 Å². The number of nitrogens with one attached hydrogen (secondary N) is 1. The van der Waals surface area contributed by atoms with Gasteiger partial charge in [0.15, 0.2) is 5.82 Å². The van der Waals surface area contributed by atoms with Gasteiger partial charge in [0.05, 0.1) is 0 Å². The van der Waals surface area contributed by atoms with Crippen LogP contribution in [0.4, 0.5) is 33.9 Å². The highest BCUT2D eigenvalue weighted by Crippen LogP contribution is 2.33. The van der Waals surface area contributed by atoms with Crippen molar-refractivity contribution in [2.45, 2.75) is 19.3 Å². The molecule has 1 atom stereocenters. The molecule has 0 radical (unpaired) electrons. The van der Waals surface area contributed by atoms with Crippen LogP contribution in [0.2, 0.25) is 0 Å². The van der Waals surface area contributed by atoms with Crippen molar-refractivity contribution in [2.75, 3.05) is 29.9 Å². The Balaban J connectivity index is 0.00000353. The predicted molar refractivity (Wildman–Crippen MR) is 143 cm³/mol. The fraction of sp³-hybridized carbons (Fsp3) is 0.222. The first-order chi connectivity index (χ1) is 18.2. The minimum atomic E-state index is -4.78. The maximum absolute atomic E-state index is 13.4. The molecule has 0 bridgehead atoms. The number of benzene rings is 3. The van der Waals surface area contributed by atoms with Crippen molar-refractivity contribution in [3.63, 3.8) is 0 Å². The number of amides is 2. The molecule has 1 aliphatic heterocycles. The van der Waals surface area contributed by atoms with Crippen molar-refractivity contribution < 1.29 is 27.1 Å². The van der Waals surface area contributed by atoms with Gasteiger partial charge in [0, 0.05) is 47.7 Å². The third-order valence-corrected chi connectivity index (χ3v) is 6.31. The Morgan fingerprint density at radius 3 is 2.26 bits per heavy atom. The van der Waals surface area contributed by atoms with E-state index in [4.69, 9.17) is 0 Å². The second kappa shape index (κ2) is 11.3. The largest absolute Gasteiger partial charge is 0.573 e. The summed E-state index contributed by atoms with van der Waals surface area (Å²) in [5.41, 5.74) is 1.77. The first-order valence-electron chi connectivity index (χ1n) is 11.9. The SMILES string of the molecule is C[C@H]1CN(C(=O)Nc2ccc(OC(F)(F)F)cc2)CCN1c1nnc(-c2ccc(F)cc2)c2ccccc12.Cl. The minimum Gasteiger partial charge on any atom is -0.406 e. The number of alkyl halides is 3. The molecule has 2 heterocycles. The Morgan fingerprint density at radius 1 is 0.949 bits per heavy atom. The van der Waals surface area contributed by atoms with Gasteiger partial charge in [0.25, 0.3) is 0 Å². The number of nitrogens with zero attached hydrogens (tertiary/aromatic N) is 4. The highest BCUT2D eigenvalue weighted by Gasteiger charge is 2.31. The van der Waals surface area contributed by atoms with E-state index in [1.807, 2.05) is 31.2 Å². The first kappa shape index (κ1) is 27.9. The van der Waals surface area contributed by atoms with Crippen LogP contribution < -0.4 is 15.0 Å². The lowest BCUT2D eigenvalue weighted by Gasteiger charge is -2.40. The molecule has 7 nitrogen and oxygen atoms in total. The smallest absolute Gasteiger partial charge is 0.406 e. The molecule has 1 saturated heterocycles. The number of hydrogen-bond acceptors (Lipinski definition) is 5. The van der Waals surface area contributed by atoms with Crippen LogP contribution in [-0.2, 0) is 0 Å². The Labute approximate surface area is 227 Å². The number of anilines is 2. The van der Waals surface area contributed by atoms with Gasteiger partial charge in [-0.15, -0.1) is 35.8 Å². The first-order valence-corrected chi connectivity index (χ1v) is 11.9. The van der Waals surface area contributed by atoms with Crippen LogP contribution in [0.5, 0.6) is 5.75 Å². The van der Waals surface area contributed by atoms with Gasteiger partial charge in [0.2, 0.25) is 0 Å². The van der Waals surface area contributed by atoms with E-state index in [9.17, 15) is 22.4 Å². The third-order valence-electron chi connectivity index (χ3n) is 6.31. The number of hydrogen-bond donors (Lipinski definition) is 1. The molecule has 1 fully saturated rings. The Morgan fingerprint density at radius 2 is 1.62 bits per heavy atom. The molecule has 2 amide bonds. The van der Waals surface area contributed by atoms with Crippen molar-refractivity contribution >= 4 is 40.7 Å². The van der Waals surface area contributed by atoms with Crippen molar-refractivity contribution in [1.29, 1.82) is 0 Å². The fourth-order valence-electron chi connectivity index (χ4n) is 4.52. The van der Waals surface area contributed by atoms with Gasteiger partial charge in [0.1, 0.15) is 17.3 Å². The van der Waals surface area contributed by atoms with Crippen LogP contribution in [0.15, 0.2) is 72.8 Å². The monoisotopic (exact) mass is 561 g/mol. The summed E-state index contributed by atoms with van der Waals surface area (Å²) in [4.78, 5) is 16.6. The topological polar surface area (TPSA) is 70.6 Å². The van der Waals surface area contributed by atoms with Crippen molar-refractivity contribution in [1.82, 2.24) is 15.1 Å². The number of ether oxygens (including phenoxy) is 1. The molecule has 1 N–H and O–H groups in total. The molecule has 39 heavy (non-hydrogen) atoms. The molecule has 0 saturated carbocycles. The van der Waals surface area contributed by atoms with E-state index < -0.39 is 6.36 Å². The average Bonchev–Trinajstić information content (AvgIpc) is 2.89. The zero-order valence-corrected chi connectivity index (χ0v) is 21.5. The van der Waals surface area contributed by atoms with E-state index in [1.165, 1.54) is 24.3 Å². The maximum atomic E-state index is 13.4. The highest BCUT2D eigenvalue weighted by atomic mass is 35.5. The summed E-state index contributed by atoms with van der Waals surface area (Å²) in [5.74, 6) is 0.00152. The van der Waals surface area contributed by atoms with Crippen LogP contribution >= 0.6 is 12.4 Å². The van der Waals surface area contributed by atoms with Gasteiger partial charge in [-0.05, 0) is 55.5 Å². The molecule has 1 aliphatic rings. The van der Waals surface area contributed by atoms with Gasteiger partial charge < -0.3 is 19.9 Å². The number of carbonyl (C=O) groups excluding carboxylic acids is 1. The average molecular weight is 562 g/mol. The summed E-state index contributed by atoms with van der Waals surface area (Å²) >= 11 is 0. The second-order valence-electron chi connectivity index (χ2n) is 8.92. The van der Waals surface area contributed by atoms with E-state index >= 15 is 0 Å². The number of piperazine rings is 1. The van der Waals surface area contributed by atoms with Crippen LogP contribution in [0, 0.1) is 5.82 Å². The Hall–Kier alpha value is -4.12. The molecule has 4 aromatic rings. The summed E-state index contributed by atoms with van der Waals surface area (Å²) in [6, 6.07) is 18.4. The fourth-order valence-corrected chi connectivity index (χ4v) is 4.52. The van der Waals surface area contributed by atoms with Crippen LogP contribution in [-0.4, -0.2) is 53.2 Å². The summed E-state index contributed by atoms with van der Waals surface area (Å²) in [6.07, 6.45) is -4.78. The molecule has 3 aromatic carbocycles. The highest BCUT2D eigenvalue weighted by molar-refractivity contribution is 6.00. The van der Waals surface area contributed by atoms with Gasteiger partial charge in [-0.1, -0.05) is 24.3 Å². The quantitative estimate of drug-likeness (QED) is 0.288. The van der Waals surface area contributed by atoms with E-state index in [1.54, 1.807) is 17.0 Å². The van der Waals surface area contributed by atoms with Gasteiger partial charge in [-0.25, -0.2) is 9.18 Å². The maximum Gasteiger partial charge on any atom is 0.573 e. The van der Waals surface area contributed by atoms with E-state index in [0.29, 0.717) is 36.8 Å². The summed E-state index contributed by atoms with van der Waals surface area (Å²) < 4.78 is 54.4. The lowest BCUT2D eigenvalue weighted by molar-refractivity contribution is -0.274. The predicted octanol–water partition coefficient (Wildman–Crippen LogP) is 6.50. The zero-order valence-electron chi connectivity index (χ0n) is 20.7. The normalized spacial score (nSPS) is 15.6. The third kappa shape index (κ3) is 6.31. The summed E-state index contributed by atoms with van der Waals surface area (Å²) in [5, 5.41) is 13.5. The van der Waals surface area contributed by atoms with Crippen LogP contribution in [0.1, 0.15) is 6.92 Å². The number of aromatic nitrogens is 2. The molecular formula is C27H24ClF4N5O2. The van der Waals surface area contributed by atoms with Crippen LogP contribution in [0.25, 0.3) is 22.0 Å². The van der Waals surface area contributed by atoms with E-state index in [0.717, 1.165) is 28.5 Å².